The van der Waals surface area contributed by atoms with Crippen molar-refractivity contribution < 1.29 is 9.53 Å². The predicted octanol–water partition coefficient (Wildman–Crippen LogP) is 3.44. The number of benzene rings is 1. The Morgan fingerprint density at radius 1 is 1.16 bits per heavy atom. The zero-order chi connectivity index (χ0) is 17.6. The van der Waals surface area contributed by atoms with Gasteiger partial charge in [-0.05, 0) is 24.8 Å². The van der Waals surface area contributed by atoms with E-state index < -0.39 is 0 Å². The average Bonchev–Trinajstić information content (AvgIpc) is 3.02. The summed E-state index contributed by atoms with van der Waals surface area (Å²) >= 11 is 0. The third-order valence-corrected chi connectivity index (χ3v) is 4.67. The summed E-state index contributed by atoms with van der Waals surface area (Å²) in [4.78, 5) is 12.2. The molecular formula is C19H20N4O2. The molecule has 1 aromatic carbocycles. The molecule has 3 aromatic rings. The van der Waals surface area contributed by atoms with Gasteiger partial charge in [0.1, 0.15) is 5.75 Å². The number of ketones is 1. The second kappa shape index (κ2) is 5.95. The van der Waals surface area contributed by atoms with Crippen molar-refractivity contribution in [2.45, 2.75) is 39.0 Å². The summed E-state index contributed by atoms with van der Waals surface area (Å²) in [7, 11) is 1.66. The molecule has 0 unspecified atom stereocenters. The number of carbonyl (C=O) groups excluding carboxylic acids is 1. The van der Waals surface area contributed by atoms with Gasteiger partial charge in [0, 0.05) is 12.0 Å². The highest BCUT2D eigenvalue weighted by Crippen LogP contribution is 2.38. The fourth-order valence-electron chi connectivity index (χ4n) is 3.45. The number of hydrogen-bond donors (Lipinski definition) is 0. The lowest BCUT2D eigenvalue weighted by molar-refractivity contribution is 0.0964. The molecule has 6 heteroatoms. The Labute approximate surface area is 145 Å². The minimum atomic E-state index is 0.0519. The zero-order valence-corrected chi connectivity index (χ0v) is 14.6. The summed E-state index contributed by atoms with van der Waals surface area (Å²) in [5.74, 6) is 1.03. The van der Waals surface area contributed by atoms with E-state index in [0.717, 1.165) is 41.1 Å². The van der Waals surface area contributed by atoms with Crippen LogP contribution < -0.4 is 4.74 Å². The van der Waals surface area contributed by atoms with Crippen molar-refractivity contribution in [1.29, 1.82) is 0 Å². The number of carbonyl (C=O) groups is 1. The van der Waals surface area contributed by atoms with E-state index in [-0.39, 0.29) is 11.7 Å². The van der Waals surface area contributed by atoms with Crippen LogP contribution in [0.4, 0.5) is 0 Å². The molecule has 25 heavy (non-hydrogen) atoms. The number of aryl methyl sites for hydroxylation is 1. The van der Waals surface area contributed by atoms with Gasteiger partial charge in [-0.25, -0.2) is 4.52 Å². The average molecular weight is 336 g/mol. The molecule has 0 aliphatic heterocycles. The molecule has 0 fully saturated rings. The monoisotopic (exact) mass is 336 g/mol. The van der Waals surface area contributed by atoms with Crippen molar-refractivity contribution in [3.05, 3.63) is 41.3 Å². The summed E-state index contributed by atoms with van der Waals surface area (Å²) < 4.78 is 7.36. The van der Waals surface area contributed by atoms with E-state index in [0.29, 0.717) is 17.8 Å². The van der Waals surface area contributed by atoms with Gasteiger partial charge in [0.05, 0.1) is 24.1 Å². The Bertz CT molecular complexity index is 975. The topological polar surface area (TPSA) is 69.4 Å². The molecule has 1 aliphatic rings. The van der Waals surface area contributed by atoms with E-state index in [9.17, 15) is 4.79 Å². The molecule has 0 saturated carbocycles. The standard InChI is InChI=1S/C19H20N4O2/c1-11(2)17-16(12-7-4-5-10-15(12)25-3)19-21-20-18-13(23(19)22-17)8-6-9-14(18)24/h4-5,7,10-11H,6,8-9H2,1-3H3. The van der Waals surface area contributed by atoms with Crippen LogP contribution in [-0.4, -0.2) is 32.7 Å². The Morgan fingerprint density at radius 2 is 1.96 bits per heavy atom. The van der Waals surface area contributed by atoms with Crippen molar-refractivity contribution in [2.24, 2.45) is 0 Å². The van der Waals surface area contributed by atoms with Gasteiger partial charge in [-0.15, -0.1) is 10.2 Å². The first-order chi connectivity index (χ1) is 12.1. The summed E-state index contributed by atoms with van der Waals surface area (Å²) in [6.07, 6.45) is 2.15. The molecule has 1 aliphatic carbocycles. The van der Waals surface area contributed by atoms with Crippen molar-refractivity contribution >= 4 is 11.4 Å². The van der Waals surface area contributed by atoms with Crippen LogP contribution in [0.15, 0.2) is 24.3 Å². The van der Waals surface area contributed by atoms with E-state index in [4.69, 9.17) is 9.84 Å². The van der Waals surface area contributed by atoms with Crippen LogP contribution >= 0.6 is 0 Å². The van der Waals surface area contributed by atoms with Gasteiger partial charge in [0.15, 0.2) is 17.1 Å². The number of nitrogens with zero attached hydrogens (tertiary/aromatic N) is 4. The maximum Gasteiger partial charge on any atom is 0.185 e. The second-order valence-electron chi connectivity index (χ2n) is 6.62. The smallest absolute Gasteiger partial charge is 0.185 e. The van der Waals surface area contributed by atoms with Crippen LogP contribution in [0.5, 0.6) is 5.75 Å². The molecule has 128 valence electrons. The van der Waals surface area contributed by atoms with Gasteiger partial charge < -0.3 is 4.74 Å². The van der Waals surface area contributed by atoms with Crippen molar-refractivity contribution in [3.8, 4) is 16.9 Å². The quantitative estimate of drug-likeness (QED) is 0.733. The number of ether oxygens (including phenoxy) is 1. The van der Waals surface area contributed by atoms with Crippen molar-refractivity contribution in [1.82, 2.24) is 19.8 Å². The largest absolute Gasteiger partial charge is 0.496 e. The Hall–Kier alpha value is -2.76. The third kappa shape index (κ3) is 2.40. The lowest BCUT2D eigenvalue weighted by atomic mass is 9.98. The molecule has 0 amide bonds. The van der Waals surface area contributed by atoms with Crippen LogP contribution in [0, 0.1) is 0 Å². The Morgan fingerprint density at radius 3 is 2.72 bits per heavy atom. The number of rotatable bonds is 3. The minimum absolute atomic E-state index is 0.0519. The van der Waals surface area contributed by atoms with E-state index >= 15 is 0 Å². The van der Waals surface area contributed by atoms with E-state index in [1.54, 1.807) is 7.11 Å². The van der Waals surface area contributed by atoms with Gasteiger partial charge >= 0.3 is 0 Å². The molecule has 0 spiro atoms. The van der Waals surface area contributed by atoms with E-state index in [1.807, 2.05) is 28.8 Å². The molecule has 4 rings (SSSR count). The third-order valence-electron chi connectivity index (χ3n) is 4.67. The first kappa shape index (κ1) is 15.7. The van der Waals surface area contributed by atoms with Crippen LogP contribution in [0.1, 0.15) is 54.5 Å². The maximum atomic E-state index is 12.2. The molecule has 0 atom stereocenters. The number of fused-ring (bicyclic) bond motifs is 3. The van der Waals surface area contributed by atoms with Crippen molar-refractivity contribution in [3.63, 3.8) is 0 Å². The molecule has 0 N–H and O–H groups in total. The molecular weight excluding hydrogens is 316 g/mol. The highest BCUT2D eigenvalue weighted by Gasteiger charge is 2.27. The highest BCUT2D eigenvalue weighted by molar-refractivity contribution is 5.96. The summed E-state index contributed by atoms with van der Waals surface area (Å²) in [6, 6.07) is 7.85. The lowest BCUT2D eigenvalue weighted by Gasteiger charge is -2.13. The molecule has 0 saturated heterocycles. The first-order valence-corrected chi connectivity index (χ1v) is 8.56. The maximum absolute atomic E-state index is 12.2. The van der Waals surface area contributed by atoms with Gasteiger partial charge in [-0.2, -0.15) is 5.10 Å². The summed E-state index contributed by atoms with van der Waals surface area (Å²) in [6.45, 7) is 4.21. The van der Waals surface area contributed by atoms with E-state index in [1.165, 1.54) is 0 Å². The predicted molar refractivity (Wildman–Crippen MR) is 94.1 cm³/mol. The number of para-hydroxylation sites is 1. The normalized spacial score (nSPS) is 14.2. The van der Waals surface area contributed by atoms with E-state index in [2.05, 4.69) is 24.0 Å². The lowest BCUT2D eigenvalue weighted by Crippen LogP contribution is -2.18. The highest BCUT2D eigenvalue weighted by atomic mass is 16.5. The number of aromatic nitrogens is 4. The minimum Gasteiger partial charge on any atom is -0.496 e. The Kier molecular flexibility index (Phi) is 3.75. The number of Topliss-reactive ketones (excluding diaryl/α,β-unsaturated/α-hetero) is 1. The number of methoxy groups -OCH3 is 1. The van der Waals surface area contributed by atoms with Crippen molar-refractivity contribution in [2.75, 3.05) is 7.11 Å². The fraction of sp³-hybridized carbons (Fsp3) is 0.368. The van der Waals surface area contributed by atoms with Gasteiger partial charge in [0.25, 0.3) is 0 Å². The van der Waals surface area contributed by atoms with Crippen LogP contribution in [0.2, 0.25) is 0 Å². The Balaban J connectivity index is 2.07. The summed E-state index contributed by atoms with van der Waals surface area (Å²) in [5, 5.41) is 13.4. The molecule has 2 heterocycles. The zero-order valence-electron chi connectivity index (χ0n) is 14.6. The fourth-order valence-corrected chi connectivity index (χ4v) is 3.45. The second-order valence-corrected chi connectivity index (χ2v) is 6.62. The molecule has 6 nitrogen and oxygen atoms in total. The van der Waals surface area contributed by atoms with Crippen LogP contribution in [-0.2, 0) is 6.42 Å². The van der Waals surface area contributed by atoms with Crippen LogP contribution in [0.3, 0.4) is 0 Å². The van der Waals surface area contributed by atoms with Gasteiger partial charge in [-0.1, -0.05) is 32.0 Å². The molecule has 2 aromatic heterocycles. The SMILES string of the molecule is COc1ccccc1-c1c(C(C)C)nn2c3c(nnc12)C(=O)CCC3. The molecule has 0 bridgehead atoms. The van der Waals surface area contributed by atoms with Crippen LogP contribution in [0.25, 0.3) is 16.8 Å². The van der Waals surface area contributed by atoms with Gasteiger partial charge in [0.2, 0.25) is 0 Å². The first-order valence-electron chi connectivity index (χ1n) is 8.56. The molecule has 0 radical (unpaired) electrons. The summed E-state index contributed by atoms with van der Waals surface area (Å²) in [5.41, 5.74) is 4.82. The number of hydrogen-bond acceptors (Lipinski definition) is 5. The van der Waals surface area contributed by atoms with Gasteiger partial charge in [-0.3, -0.25) is 4.79 Å².